The lowest BCUT2D eigenvalue weighted by Crippen LogP contribution is -2.13. The van der Waals surface area contributed by atoms with E-state index in [2.05, 4.69) is 10.3 Å². The third kappa shape index (κ3) is 3.23. The molecule has 1 heterocycles. The van der Waals surface area contributed by atoms with Crippen LogP contribution in [0.2, 0.25) is 0 Å². The van der Waals surface area contributed by atoms with Crippen LogP contribution in [0.1, 0.15) is 11.1 Å². The molecule has 4 aromatic rings. The van der Waals surface area contributed by atoms with Crippen molar-refractivity contribution in [2.24, 2.45) is 0 Å². The molecule has 0 saturated heterocycles. The van der Waals surface area contributed by atoms with Gasteiger partial charge in [-0.1, -0.05) is 71.4 Å². The summed E-state index contributed by atoms with van der Waals surface area (Å²) in [7, 11) is -3.79. The van der Waals surface area contributed by atoms with E-state index in [1.807, 2.05) is 62.4 Å². The minimum Gasteiger partial charge on any atom is -0.199 e. The van der Waals surface area contributed by atoms with Crippen molar-refractivity contribution in [2.45, 2.75) is 18.7 Å². The van der Waals surface area contributed by atoms with E-state index in [0.29, 0.717) is 5.69 Å². The first-order valence-corrected chi connectivity index (χ1v) is 10.3. The van der Waals surface area contributed by atoms with Crippen molar-refractivity contribution in [2.75, 3.05) is 0 Å². The summed E-state index contributed by atoms with van der Waals surface area (Å²) in [5.74, 6) is 0. The first kappa shape index (κ1) is 18.1. The van der Waals surface area contributed by atoms with Gasteiger partial charge in [0, 0.05) is 5.56 Å². The maximum atomic E-state index is 12.9. The van der Waals surface area contributed by atoms with Crippen molar-refractivity contribution < 1.29 is 8.42 Å². The molecule has 5 nitrogen and oxygen atoms in total. The molecule has 0 bridgehead atoms. The van der Waals surface area contributed by atoms with Crippen LogP contribution in [0.25, 0.3) is 22.4 Å². The average molecular weight is 389 g/mol. The summed E-state index contributed by atoms with van der Waals surface area (Å²) in [4.78, 5) is 0.182. The van der Waals surface area contributed by atoms with Crippen LogP contribution < -0.4 is 0 Å². The maximum Gasteiger partial charge on any atom is 0.284 e. The smallest absolute Gasteiger partial charge is 0.199 e. The van der Waals surface area contributed by atoms with E-state index in [0.717, 1.165) is 31.9 Å². The lowest BCUT2D eigenvalue weighted by Gasteiger charge is -2.10. The van der Waals surface area contributed by atoms with Crippen LogP contribution in [0, 0.1) is 13.8 Å². The van der Waals surface area contributed by atoms with Gasteiger partial charge in [-0.3, -0.25) is 0 Å². The molecule has 0 spiro atoms. The van der Waals surface area contributed by atoms with E-state index in [1.54, 1.807) is 24.3 Å². The first-order valence-electron chi connectivity index (χ1n) is 8.87. The van der Waals surface area contributed by atoms with Gasteiger partial charge in [0.2, 0.25) is 0 Å². The summed E-state index contributed by atoms with van der Waals surface area (Å²) in [6, 6.07) is 22.5. The summed E-state index contributed by atoms with van der Waals surface area (Å²) in [5, 5.41) is 8.04. The standard InChI is InChI=1S/C22H19N3O2S/c1-16-11-13-18(14-12-16)28(26,27)25-15-22(23-24-25)21-10-6-5-9-20(21)19-8-4-3-7-17(19)2/h3-15H,1-2H3. The molecule has 0 saturated carbocycles. The number of hydrogen-bond acceptors (Lipinski definition) is 4. The molecule has 0 aliphatic carbocycles. The van der Waals surface area contributed by atoms with Gasteiger partial charge in [0.05, 0.1) is 11.1 Å². The molecule has 0 N–H and O–H groups in total. The van der Waals surface area contributed by atoms with Crippen molar-refractivity contribution in [3.05, 3.63) is 90.1 Å². The highest BCUT2D eigenvalue weighted by Crippen LogP contribution is 2.32. The summed E-state index contributed by atoms with van der Waals surface area (Å²) >= 11 is 0. The van der Waals surface area contributed by atoms with Gasteiger partial charge in [0.1, 0.15) is 5.69 Å². The Kier molecular flexibility index (Phi) is 4.57. The molecule has 1 aromatic heterocycles. The number of aromatic nitrogens is 3. The van der Waals surface area contributed by atoms with Crippen LogP contribution >= 0.6 is 0 Å². The minimum absolute atomic E-state index is 0.182. The molecule has 0 fully saturated rings. The van der Waals surface area contributed by atoms with Gasteiger partial charge >= 0.3 is 0 Å². The Balaban J connectivity index is 1.79. The predicted molar refractivity (Wildman–Crippen MR) is 109 cm³/mol. The molecule has 28 heavy (non-hydrogen) atoms. The average Bonchev–Trinajstić information content (AvgIpc) is 3.20. The highest BCUT2D eigenvalue weighted by Gasteiger charge is 2.20. The molecule has 4 rings (SSSR count). The topological polar surface area (TPSA) is 64.8 Å². The van der Waals surface area contributed by atoms with Crippen LogP contribution in [0.15, 0.2) is 83.9 Å². The summed E-state index contributed by atoms with van der Waals surface area (Å²) in [5.41, 5.74) is 5.53. The highest BCUT2D eigenvalue weighted by atomic mass is 32.2. The molecular formula is C22H19N3O2S. The molecule has 0 atom stereocenters. The van der Waals surface area contributed by atoms with Gasteiger partial charge in [-0.15, -0.1) is 9.19 Å². The van der Waals surface area contributed by atoms with E-state index in [4.69, 9.17) is 0 Å². The Morgan fingerprint density at radius 2 is 1.36 bits per heavy atom. The molecule has 140 valence electrons. The normalized spacial score (nSPS) is 11.5. The highest BCUT2D eigenvalue weighted by molar-refractivity contribution is 7.89. The Hall–Kier alpha value is -3.25. The van der Waals surface area contributed by atoms with Crippen molar-refractivity contribution in [3.63, 3.8) is 0 Å². The third-order valence-corrected chi connectivity index (χ3v) is 6.22. The fourth-order valence-corrected chi connectivity index (χ4v) is 4.19. The van der Waals surface area contributed by atoms with Crippen molar-refractivity contribution in [1.29, 1.82) is 0 Å². The van der Waals surface area contributed by atoms with E-state index in [1.165, 1.54) is 6.20 Å². The number of hydrogen-bond donors (Lipinski definition) is 0. The van der Waals surface area contributed by atoms with Crippen molar-refractivity contribution >= 4 is 10.0 Å². The SMILES string of the molecule is Cc1ccc(S(=O)(=O)n2cc(-c3ccccc3-c3ccccc3C)nn2)cc1. The molecule has 0 radical (unpaired) electrons. The lowest BCUT2D eigenvalue weighted by molar-refractivity contribution is 0.577. The molecule has 3 aromatic carbocycles. The second-order valence-electron chi connectivity index (χ2n) is 6.65. The molecule has 0 aliphatic rings. The van der Waals surface area contributed by atoms with Gasteiger partial charge < -0.3 is 0 Å². The van der Waals surface area contributed by atoms with Gasteiger partial charge in [-0.25, -0.2) is 0 Å². The van der Waals surface area contributed by atoms with Crippen LogP contribution in [0.3, 0.4) is 0 Å². The lowest BCUT2D eigenvalue weighted by atomic mass is 9.95. The molecule has 0 unspecified atom stereocenters. The Morgan fingerprint density at radius 1 is 0.750 bits per heavy atom. The Morgan fingerprint density at radius 3 is 2.04 bits per heavy atom. The quantitative estimate of drug-likeness (QED) is 0.517. The monoisotopic (exact) mass is 389 g/mol. The van der Waals surface area contributed by atoms with Gasteiger partial charge in [0.15, 0.2) is 0 Å². The van der Waals surface area contributed by atoms with Crippen LogP contribution in [0.4, 0.5) is 0 Å². The van der Waals surface area contributed by atoms with Gasteiger partial charge in [0.25, 0.3) is 10.0 Å². The Bertz CT molecular complexity index is 1240. The maximum absolute atomic E-state index is 12.9. The summed E-state index contributed by atoms with van der Waals surface area (Å²) in [6.45, 7) is 3.96. The van der Waals surface area contributed by atoms with E-state index in [-0.39, 0.29) is 4.90 Å². The molecule has 0 aliphatic heterocycles. The van der Waals surface area contributed by atoms with Crippen molar-refractivity contribution in [3.8, 4) is 22.4 Å². The number of aryl methyl sites for hydroxylation is 2. The predicted octanol–water partition coefficient (Wildman–Crippen LogP) is 4.47. The van der Waals surface area contributed by atoms with Gasteiger partial charge in [-0.05, 0) is 42.7 Å². The van der Waals surface area contributed by atoms with E-state index >= 15 is 0 Å². The second-order valence-corrected chi connectivity index (χ2v) is 8.45. The zero-order valence-corrected chi connectivity index (χ0v) is 16.4. The second kappa shape index (κ2) is 7.05. The number of rotatable bonds is 4. The van der Waals surface area contributed by atoms with Crippen LogP contribution in [-0.2, 0) is 10.0 Å². The van der Waals surface area contributed by atoms with Crippen LogP contribution in [0.5, 0.6) is 0 Å². The third-order valence-electron chi connectivity index (χ3n) is 4.68. The fourth-order valence-electron chi connectivity index (χ4n) is 3.12. The molecule has 0 amide bonds. The fraction of sp³-hybridized carbons (Fsp3) is 0.0909. The largest absolute Gasteiger partial charge is 0.284 e. The number of benzene rings is 3. The number of nitrogens with zero attached hydrogens (tertiary/aromatic N) is 3. The zero-order chi connectivity index (χ0) is 19.7. The first-order chi connectivity index (χ1) is 13.5. The summed E-state index contributed by atoms with van der Waals surface area (Å²) < 4.78 is 26.7. The van der Waals surface area contributed by atoms with E-state index in [9.17, 15) is 8.42 Å². The zero-order valence-electron chi connectivity index (χ0n) is 15.6. The molecular weight excluding hydrogens is 370 g/mol. The van der Waals surface area contributed by atoms with Gasteiger partial charge in [-0.2, -0.15) is 8.42 Å². The van der Waals surface area contributed by atoms with Crippen LogP contribution in [-0.4, -0.2) is 22.8 Å². The minimum atomic E-state index is -3.79. The van der Waals surface area contributed by atoms with Crippen molar-refractivity contribution in [1.82, 2.24) is 14.4 Å². The molecule has 6 heteroatoms. The Labute approximate surface area is 164 Å². The van der Waals surface area contributed by atoms with E-state index < -0.39 is 10.0 Å². The summed E-state index contributed by atoms with van der Waals surface area (Å²) in [6.07, 6.45) is 1.46.